The molecule has 2 aromatic rings. The molecule has 1 aromatic heterocycles. The second-order valence-electron chi connectivity index (χ2n) is 3.06. The molecule has 0 radical (unpaired) electrons. The Labute approximate surface area is 75.2 Å². The number of nitrogen functional groups attached to an aromatic ring is 1. The zero-order valence-electron chi connectivity index (χ0n) is 7.21. The number of pyridine rings is 1. The Morgan fingerprint density at radius 3 is 2.77 bits per heavy atom. The Kier molecular flexibility index (Phi) is 1.65. The standard InChI is InChI=1S/C10H9FN2/c1-6-2-7-4-10(12)13-5-8(7)3-9(6)11/h2-5H,1H3,(H2,12,13). The van der Waals surface area contributed by atoms with Crippen molar-refractivity contribution in [1.29, 1.82) is 0 Å². The number of aryl methyl sites for hydroxylation is 1. The minimum absolute atomic E-state index is 0.209. The molecule has 0 amide bonds. The molecule has 0 fully saturated rings. The number of halogens is 1. The Bertz CT molecular complexity index is 466. The van der Waals surface area contributed by atoms with Crippen molar-refractivity contribution < 1.29 is 4.39 Å². The van der Waals surface area contributed by atoms with Crippen LogP contribution in [0.2, 0.25) is 0 Å². The molecule has 0 aliphatic carbocycles. The van der Waals surface area contributed by atoms with Gasteiger partial charge in [-0.25, -0.2) is 9.37 Å². The number of fused-ring (bicyclic) bond motifs is 1. The summed E-state index contributed by atoms with van der Waals surface area (Å²) in [6.07, 6.45) is 1.58. The van der Waals surface area contributed by atoms with Crippen LogP contribution in [0.15, 0.2) is 24.4 Å². The SMILES string of the molecule is Cc1cc2cc(N)ncc2cc1F. The monoisotopic (exact) mass is 176 g/mol. The van der Waals surface area contributed by atoms with Gasteiger partial charge >= 0.3 is 0 Å². The molecule has 0 saturated heterocycles. The highest BCUT2D eigenvalue weighted by atomic mass is 19.1. The second-order valence-corrected chi connectivity index (χ2v) is 3.06. The number of hydrogen-bond donors (Lipinski definition) is 1. The van der Waals surface area contributed by atoms with E-state index in [1.165, 1.54) is 6.07 Å². The minimum atomic E-state index is -0.209. The molecule has 0 atom stereocenters. The number of hydrogen-bond acceptors (Lipinski definition) is 2. The molecule has 1 heterocycles. The van der Waals surface area contributed by atoms with Crippen LogP contribution in [0.5, 0.6) is 0 Å². The molecule has 1 aromatic carbocycles. The summed E-state index contributed by atoms with van der Waals surface area (Å²) in [6.45, 7) is 1.73. The number of benzene rings is 1. The van der Waals surface area contributed by atoms with Gasteiger partial charge in [0, 0.05) is 11.6 Å². The maximum Gasteiger partial charge on any atom is 0.126 e. The maximum atomic E-state index is 13.1. The predicted octanol–water partition coefficient (Wildman–Crippen LogP) is 2.26. The van der Waals surface area contributed by atoms with E-state index in [1.54, 1.807) is 25.3 Å². The first-order valence-electron chi connectivity index (χ1n) is 3.98. The number of nitrogens with two attached hydrogens (primary N) is 1. The Hall–Kier alpha value is -1.64. The van der Waals surface area contributed by atoms with Crippen LogP contribution in [0.1, 0.15) is 5.56 Å². The van der Waals surface area contributed by atoms with Crippen LogP contribution in [-0.2, 0) is 0 Å². The molecule has 0 aliphatic rings. The molecule has 0 bridgehead atoms. The zero-order valence-corrected chi connectivity index (χ0v) is 7.21. The number of rotatable bonds is 0. The topological polar surface area (TPSA) is 38.9 Å². The molecule has 0 spiro atoms. The Morgan fingerprint density at radius 2 is 2.00 bits per heavy atom. The van der Waals surface area contributed by atoms with Gasteiger partial charge in [0.05, 0.1) is 0 Å². The van der Waals surface area contributed by atoms with Crippen molar-refractivity contribution in [3.63, 3.8) is 0 Å². The summed E-state index contributed by atoms with van der Waals surface area (Å²) in [4.78, 5) is 3.89. The molecule has 13 heavy (non-hydrogen) atoms. The highest BCUT2D eigenvalue weighted by molar-refractivity contribution is 5.84. The van der Waals surface area contributed by atoms with E-state index in [4.69, 9.17) is 5.73 Å². The highest BCUT2D eigenvalue weighted by Gasteiger charge is 2.00. The second kappa shape index (κ2) is 2.69. The van der Waals surface area contributed by atoms with Crippen LogP contribution in [0.4, 0.5) is 10.2 Å². The normalized spacial score (nSPS) is 10.6. The number of nitrogens with zero attached hydrogens (tertiary/aromatic N) is 1. The lowest BCUT2D eigenvalue weighted by Gasteiger charge is -2.01. The minimum Gasteiger partial charge on any atom is -0.384 e. The van der Waals surface area contributed by atoms with E-state index >= 15 is 0 Å². The van der Waals surface area contributed by atoms with Crippen LogP contribution >= 0.6 is 0 Å². The van der Waals surface area contributed by atoms with Crippen molar-refractivity contribution in [3.05, 3.63) is 35.8 Å². The van der Waals surface area contributed by atoms with Crippen molar-refractivity contribution in [2.24, 2.45) is 0 Å². The van der Waals surface area contributed by atoms with Crippen molar-refractivity contribution >= 4 is 16.6 Å². The van der Waals surface area contributed by atoms with Gasteiger partial charge in [0.1, 0.15) is 11.6 Å². The third-order valence-corrected chi connectivity index (χ3v) is 2.02. The third-order valence-electron chi connectivity index (χ3n) is 2.02. The van der Waals surface area contributed by atoms with Crippen molar-refractivity contribution in [2.45, 2.75) is 6.92 Å². The lowest BCUT2D eigenvalue weighted by atomic mass is 10.1. The molecule has 0 aliphatic heterocycles. The smallest absolute Gasteiger partial charge is 0.126 e. The fourth-order valence-electron chi connectivity index (χ4n) is 1.30. The largest absolute Gasteiger partial charge is 0.384 e. The molecule has 0 unspecified atom stereocenters. The summed E-state index contributed by atoms with van der Waals surface area (Å²) < 4.78 is 13.1. The summed E-state index contributed by atoms with van der Waals surface area (Å²) in [7, 11) is 0. The van der Waals surface area contributed by atoms with E-state index in [0.29, 0.717) is 11.4 Å². The molecule has 2 rings (SSSR count). The van der Waals surface area contributed by atoms with Gasteiger partial charge < -0.3 is 5.73 Å². The van der Waals surface area contributed by atoms with Crippen molar-refractivity contribution in [2.75, 3.05) is 5.73 Å². The summed E-state index contributed by atoms with van der Waals surface area (Å²) in [5.41, 5.74) is 6.13. The molecule has 66 valence electrons. The first-order chi connectivity index (χ1) is 6.16. The van der Waals surface area contributed by atoms with Gasteiger partial charge in [-0.1, -0.05) is 0 Å². The zero-order chi connectivity index (χ0) is 9.42. The van der Waals surface area contributed by atoms with E-state index in [-0.39, 0.29) is 5.82 Å². The fraction of sp³-hybridized carbons (Fsp3) is 0.100. The van der Waals surface area contributed by atoms with Gasteiger partial charge in [-0.3, -0.25) is 0 Å². The highest BCUT2D eigenvalue weighted by Crippen LogP contribution is 2.19. The lowest BCUT2D eigenvalue weighted by molar-refractivity contribution is 0.620. The molecule has 3 heteroatoms. The average Bonchev–Trinajstić information content (AvgIpc) is 2.08. The van der Waals surface area contributed by atoms with Gasteiger partial charge in [0.15, 0.2) is 0 Å². The summed E-state index contributed by atoms with van der Waals surface area (Å²) >= 11 is 0. The van der Waals surface area contributed by atoms with Crippen LogP contribution < -0.4 is 5.73 Å². The summed E-state index contributed by atoms with van der Waals surface area (Å²) in [6, 6.07) is 4.97. The Balaban J connectivity index is 2.81. The van der Waals surface area contributed by atoms with E-state index < -0.39 is 0 Å². The quantitative estimate of drug-likeness (QED) is 0.668. The van der Waals surface area contributed by atoms with Crippen LogP contribution in [0.3, 0.4) is 0 Å². The van der Waals surface area contributed by atoms with Gasteiger partial charge in [-0.15, -0.1) is 0 Å². The van der Waals surface area contributed by atoms with Crippen molar-refractivity contribution in [1.82, 2.24) is 4.98 Å². The van der Waals surface area contributed by atoms with E-state index in [9.17, 15) is 4.39 Å². The van der Waals surface area contributed by atoms with Crippen molar-refractivity contribution in [3.8, 4) is 0 Å². The van der Waals surface area contributed by atoms with Gasteiger partial charge in [0.25, 0.3) is 0 Å². The van der Waals surface area contributed by atoms with Gasteiger partial charge in [0.2, 0.25) is 0 Å². The number of anilines is 1. The van der Waals surface area contributed by atoms with Crippen LogP contribution in [-0.4, -0.2) is 4.98 Å². The average molecular weight is 176 g/mol. The summed E-state index contributed by atoms with van der Waals surface area (Å²) in [5.74, 6) is 0.248. The fourth-order valence-corrected chi connectivity index (χ4v) is 1.30. The predicted molar refractivity (Wildman–Crippen MR) is 50.9 cm³/mol. The Morgan fingerprint density at radius 1 is 1.23 bits per heavy atom. The molecular formula is C10H9FN2. The molecule has 2 N–H and O–H groups in total. The molecular weight excluding hydrogens is 167 g/mol. The first-order valence-corrected chi connectivity index (χ1v) is 3.98. The van der Waals surface area contributed by atoms with E-state index in [1.807, 2.05) is 0 Å². The lowest BCUT2D eigenvalue weighted by Crippen LogP contribution is -1.90. The van der Waals surface area contributed by atoms with Crippen LogP contribution in [0.25, 0.3) is 10.8 Å². The number of aromatic nitrogens is 1. The maximum absolute atomic E-state index is 13.1. The molecule has 2 nitrogen and oxygen atoms in total. The van der Waals surface area contributed by atoms with Gasteiger partial charge in [-0.05, 0) is 36.1 Å². The van der Waals surface area contributed by atoms with Crippen LogP contribution in [0, 0.1) is 12.7 Å². The first kappa shape index (κ1) is 7.98. The van der Waals surface area contributed by atoms with E-state index in [0.717, 1.165) is 10.8 Å². The summed E-state index contributed by atoms with van der Waals surface area (Å²) in [5, 5.41) is 1.70. The van der Waals surface area contributed by atoms with Gasteiger partial charge in [-0.2, -0.15) is 0 Å². The van der Waals surface area contributed by atoms with E-state index in [2.05, 4.69) is 4.98 Å². The third kappa shape index (κ3) is 1.33. The molecule has 0 saturated carbocycles.